The molecular weight excluding hydrogens is 504 g/mol. The van der Waals surface area contributed by atoms with Crippen LogP contribution in [-0.2, 0) is 10.0 Å². The quantitative estimate of drug-likeness (QED) is 0.311. The second-order valence-corrected chi connectivity index (χ2v) is 11.5. The normalized spacial score (nSPS) is 14.7. The third kappa shape index (κ3) is 5.10. The van der Waals surface area contributed by atoms with Crippen molar-refractivity contribution in [3.8, 4) is 5.75 Å². The van der Waals surface area contributed by atoms with E-state index in [2.05, 4.69) is 42.4 Å². The van der Waals surface area contributed by atoms with Crippen molar-refractivity contribution in [2.45, 2.75) is 4.90 Å². The van der Waals surface area contributed by atoms with Gasteiger partial charge in [-0.15, -0.1) is 0 Å². The number of H-pyrrole nitrogens is 1. The van der Waals surface area contributed by atoms with Crippen molar-refractivity contribution in [2.75, 3.05) is 70.0 Å². The van der Waals surface area contributed by atoms with Gasteiger partial charge < -0.3 is 30.2 Å². The number of fused-ring (bicyclic) bond motifs is 1. The molecule has 2 aromatic carbocycles. The van der Waals surface area contributed by atoms with Crippen LogP contribution in [-0.4, -0.2) is 87.0 Å². The summed E-state index contributed by atoms with van der Waals surface area (Å²) in [6.45, 7) is 3.88. The van der Waals surface area contributed by atoms with E-state index in [9.17, 15) is 8.42 Å². The van der Waals surface area contributed by atoms with Crippen LogP contribution in [0.25, 0.3) is 11.0 Å². The molecule has 0 saturated carbocycles. The maximum absolute atomic E-state index is 12.9. The third-order valence-electron chi connectivity index (χ3n) is 6.59. The number of sulfonamides is 1. The van der Waals surface area contributed by atoms with Gasteiger partial charge in [0.2, 0.25) is 16.0 Å². The molecule has 0 amide bonds. The fourth-order valence-electron chi connectivity index (χ4n) is 4.40. The number of hydrogen-bond acceptors (Lipinski definition) is 9. The number of benzene rings is 2. The first-order valence-electron chi connectivity index (χ1n) is 12.3. The Labute approximate surface area is 222 Å². The summed E-state index contributed by atoms with van der Waals surface area (Å²) >= 11 is 0. The van der Waals surface area contributed by atoms with Gasteiger partial charge in [0.1, 0.15) is 22.1 Å². The second kappa shape index (κ2) is 10.5. The molecule has 200 valence electrons. The molecule has 1 fully saturated rings. The summed E-state index contributed by atoms with van der Waals surface area (Å²) in [6.07, 6.45) is 1.77. The molecule has 12 heteroatoms. The Morgan fingerprint density at radius 1 is 1.00 bits per heavy atom. The van der Waals surface area contributed by atoms with Gasteiger partial charge >= 0.3 is 0 Å². The fourth-order valence-corrected chi connectivity index (χ4v) is 5.45. The minimum atomic E-state index is -3.67. The van der Waals surface area contributed by atoms with Crippen LogP contribution in [0.4, 0.5) is 28.8 Å². The Kier molecular flexibility index (Phi) is 7.11. The van der Waals surface area contributed by atoms with Crippen molar-refractivity contribution in [3.63, 3.8) is 0 Å². The van der Waals surface area contributed by atoms with Gasteiger partial charge in [0, 0.05) is 58.2 Å². The molecule has 38 heavy (non-hydrogen) atoms. The number of ether oxygens (including phenoxy) is 1. The van der Waals surface area contributed by atoms with Gasteiger partial charge in [-0.1, -0.05) is 12.1 Å². The summed E-state index contributed by atoms with van der Waals surface area (Å²) in [5, 5.41) is 7.22. The van der Waals surface area contributed by atoms with Crippen molar-refractivity contribution in [1.82, 2.24) is 24.2 Å². The van der Waals surface area contributed by atoms with Gasteiger partial charge in [-0.25, -0.2) is 12.7 Å². The zero-order chi connectivity index (χ0) is 26.9. The summed E-state index contributed by atoms with van der Waals surface area (Å²) in [5.74, 6) is 1.59. The number of hydrogen-bond donors (Lipinski definition) is 3. The van der Waals surface area contributed by atoms with Crippen LogP contribution >= 0.6 is 0 Å². The highest BCUT2D eigenvalue weighted by atomic mass is 32.2. The van der Waals surface area contributed by atoms with Gasteiger partial charge in [0.15, 0.2) is 0 Å². The number of para-hydroxylation sites is 1. The minimum absolute atomic E-state index is 0.158. The number of likely N-dealkylation sites (N-methyl/N-ethyl adjacent to an activating group) is 1. The standard InChI is InChI=1S/C26H32N8O3S/c1-32(2)38(35,36)23-8-6-5-7-20(23)29-25-19-11-12-27-24(19)30-26(31-25)28-18-9-10-21(22(17-18)37-4)34-15-13-33(3)14-16-34/h5-12,17H,13-16H2,1-4H3,(H3,27,28,29,30,31). The predicted molar refractivity (Wildman–Crippen MR) is 150 cm³/mol. The lowest BCUT2D eigenvalue weighted by Crippen LogP contribution is -2.44. The Bertz CT molecular complexity index is 1550. The number of nitrogens with zero attached hydrogens (tertiary/aromatic N) is 5. The zero-order valence-electron chi connectivity index (χ0n) is 21.9. The summed E-state index contributed by atoms with van der Waals surface area (Å²) in [4.78, 5) is 17.2. The van der Waals surface area contributed by atoms with Crippen molar-refractivity contribution in [3.05, 3.63) is 54.7 Å². The number of piperazine rings is 1. The van der Waals surface area contributed by atoms with Crippen LogP contribution < -0.4 is 20.3 Å². The molecule has 2 aromatic heterocycles. The van der Waals surface area contributed by atoms with Gasteiger partial charge in [-0.2, -0.15) is 9.97 Å². The maximum Gasteiger partial charge on any atom is 0.244 e. The van der Waals surface area contributed by atoms with Crippen molar-refractivity contribution in [2.24, 2.45) is 0 Å². The largest absolute Gasteiger partial charge is 0.495 e. The lowest BCUT2D eigenvalue weighted by Gasteiger charge is -2.34. The molecule has 0 radical (unpaired) electrons. The SMILES string of the molecule is COc1cc(Nc2nc(Nc3ccccc3S(=O)(=O)N(C)C)c3cc[nH]c3n2)ccc1N1CCN(C)CC1. The van der Waals surface area contributed by atoms with E-state index in [1.54, 1.807) is 37.6 Å². The fraction of sp³-hybridized carbons (Fsp3) is 0.308. The lowest BCUT2D eigenvalue weighted by molar-refractivity contribution is 0.311. The third-order valence-corrected chi connectivity index (χ3v) is 8.47. The summed E-state index contributed by atoms with van der Waals surface area (Å²) < 4.78 is 32.7. The molecule has 5 rings (SSSR count). The average Bonchev–Trinajstić information content (AvgIpc) is 3.38. The van der Waals surface area contributed by atoms with E-state index in [1.807, 2.05) is 24.3 Å². The number of aromatic amines is 1. The number of anilines is 5. The summed E-state index contributed by atoms with van der Waals surface area (Å²) in [6, 6.07) is 14.6. The van der Waals surface area contributed by atoms with Crippen LogP contribution in [0.1, 0.15) is 0 Å². The molecule has 0 aliphatic carbocycles. The van der Waals surface area contributed by atoms with Crippen LogP contribution in [0.15, 0.2) is 59.6 Å². The smallest absolute Gasteiger partial charge is 0.244 e. The highest BCUT2D eigenvalue weighted by Crippen LogP contribution is 2.34. The Morgan fingerprint density at radius 3 is 2.50 bits per heavy atom. The monoisotopic (exact) mass is 536 g/mol. The zero-order valence-corrected chi connectivity index (χ0v) is 22.7. The number of aromatic nitrogens is 3. The van der Waals surface area contributed by atoms with E-state index in [0.717, 1.165) is 48.7 Å². The Balaban J connectivity index is 1.46. The van der Waals surface area contributed by atoms with E-state index in [1.165, 1.54) is 18.4 Å². The topological polar surface area (TPSA) is 119 Å². The van der Waals surface area contributed by atoms with Gasteiger partial charge in [0.05, 0.1) is 23.9 Å². The van der Waals surface area contributed by atoms with E-state index in [4.69, 9.17) is 4.74 Å². The molecule has 0 spiro atoms. The van der Waals surface area contributed by atoms with E-state index in [0.29, 0.717) is 23.1 Å². The second-order valence-electron chi connectivity index (χ2n) is 9.35. The van der Waals surface area contributed by atoms with Gasteiger partial charge in [0.25, 0.3) is 0 Å². The molecule has 1 saturated heterocycles. The first-order chi connectivity index (χ1) is 18.3. The molecule has 1 aliphatic rings. The van der Waals surface area contributed by atoms with Gasteiger partial charge in [-0.05, 0) is 37.4 Å². The Morgan fingerprint density at radius 2 is 1.76 bits per heavy atom. The Hall–Kier alpha value is -3.87. The first-order valence-corrected chi connectivity index (χ1v) is 13.7. The van der Waals surface area contributed by atoms with Crippen LogP contribution in [0.5, 0.6) is 5.75 Å². The molecule has 0 bridgehead atoms. The van der Waals surface area contributed by atoms with E-state index in [-0.39, 0.29) is 4.90 Å². The van der Waals surface area contributed by atoms with Crippen LogP contribution in [0.2, 0.25) is 0 Å². The van der Waals surface area contributed by atoms with E-state index >= 15 is 0 Å². The highest BCUT2D eigenvalue weighted by molar-refractivity contribution is 7.89. The molecule has 3 heterocycles. The van der Waals surface area contributed by atoms with Crippen molar-refractivity contribution < 1.29 is 13.2 Å². The first kappa shape index (κ1) is 25.8. The minimum Gasteiger partial charge on any atom is -0.495 e. The molecule has 11 nitrogen and oxygen atoms in total. The summed E-state index contributed by atoms with van der Waals surface area (Å²) in [5.41, 5.74) is 2.85. The van der Waals surface area contributed by atoms with Crippen LogP contribution in [0, 0.1) is 0 Å². The van der Waals surface area contributed by atoms with Gasteiger partial charge in [-0.3, -0.25) is 0 Å². The predicted octanol–water partition coefficient (Wildman–Crippen LogP) is 3.46. The molecule has 3 N–H and O–H groups in total. The number of methoxy groups -OCH3 is 1. The molecule has 1 aliphatic heterocycles. The highest BCUT2D eigenvalue weighted by Gasteiger charge is 2.22. The lowest BCUT2D eigenvalue weighted by atomic mass is 10.2. The molecular formula is C26H32N8O3S. The van der Waals surface area contributed by atoms with Crippen molar-refractivity contribution >= 4 is 49.9 Å². The van der Waals surface area contributed by atoms with Crippen LogP contribution in [0.3, 0.4) is 0 Å². The number of rotatable bonds is 8. The number of nitrogens with one attached hydrogen (secondary N) is 3. The molecule has 4 aromatic rings. The summed E-state index contributed by atoms with van der Waals surface area (Å²) in [7, 11) is 3.14. The average molecular weight is 537 g/mol. The molecule has 0 unspecified atom stereocenters. The van der Waals surface area contributed by atoms with E-state index < -0.39 is 10.0 Å². The molecule has 0 atom stereocenters. The van der Waals surface area contributed by atoms with Crippen molar-refractivity contribution in [1.29, 1.82) is 0 Å². The maximum atomic E-state index is 12.9.